The predicted octanol–water partition coefficient (Wildman–Crippen LogP) is 0.851. The van der Waals surface area contributed by atoms with Crippen molar-refractivity contribution in [3.05, 3.63) is 6.92 Å². The summed E-state index contributed by atoms with van der Waals surface area (Å²) in [6.45, 7) is 7.40. The van der Waals surface area contributed by atoms with E-state index >= 15 is 0 Å². The Morgan fingerprint density at radius 2 is 1.67 bits per heavy atom. The van der Waals surface area contributed by atoms with Crippen molar-refractivity contribution in [2.24, 2.45) is 0 Å². The van der Waals surface area contributed by atoms with Crippen LogP contribution < -0.4 is 0 Å². The van der Waals surface area contributed by atoms with Crippen LogP contribution in [-0.4, -0.2) is 24.9 Å². The molecule has 9 heavy (non-hydrogen) atoms. The normalized spacial score (nSPS) is 7.33. The van der Waals surface area contributed by atoms with E-state index in [0.717, 1.165) is 0 Å². The molecule has 0 aliphatic heterocycles. The molecule has 0 heterocycles. The molecule has 0 saturated heterocycles. The number of hydrogen-bond acceptors (Lipinski definition) is 2. The fourth-order valence-corrected chi connectivity index (χ4v) is 0. The van der Waals surface area contributed by atoms with Gasteiger partial charge in [-0.05, 0) is 13.8 Å². The van der Waals surface area contributed by atoms with Gasteiger partial charge in [-0.25, -0.2) is 0 Å². The fraction of sp³-hybridized carbons (Fsp3) is 0.833. The van der Waals surface area contributed by atoms with E-state index in [-0.39, 0.29) is 27.8 Å². The molecule has 0 aliphatic rings. The zero-order valence-electron chi connectivity index (χ0n) is 6.35. The molecule has 0 aromatic rings. The molecule has 0 aliphatic carbocycles. The molecule has 0 spiro atoms. The average Bonchev–Trinajstić information content (AvgIpc) is 1.65. The van der Waals surface area contributed by atoms with Gasteiger partial charge in [0.2, 0.25) is 0 Å². The molecule has 2 nitrogen and oxygen atoms in total. The number of hydrogen-bond donors (Lipinski definition) is 1. The Kier molecular flexibility index (Phi) is 28.7. The van der Waals surface area contributed by atoms with E-state index in [1.807, 2.05) is 0 Å². The largest absolute Gasteiger partial charge is 0.417 e. The summed E-state index contributed by atoms with van der Waals surface area (Å²) in [5.74, 6) is 0. The Bertz CT molecular complexity index is 27.5. The quantitative estimate of drug-likeness (QED) is 0.463. The smallest absolute Gasteiger partial charge is 0.0483 e. The maximum absolute atomic E-state index is 8.06. The summed E-state index contributed by atoms with van der Waals surface area (Å²) in [6, 6.07) is 0. The van der Waals surface area contributed by atoms with Crippen LogP contribution in [0.5, 0.6) is 0 Å². The molecule has 0 saturated carbocycles. The summed E-state index contributed by atoms with van der Waals surface area (Å²) >= 11 is 0. The van der Waals surface area contributed by atoms with Crippen molar-refractivity contribution in [1.82, 2.24) is 0 Å². The number of aliphatic hydroxyl groups excluding tert-OH is 1. The second kappa shape index (κ2) is 15.9. The van der Waals surface area contributed by atoms with Gasteiger partial charge in [-0.15, -0.1) is 0 Å². The van der Waals surface area contributed by atoms with Crippen molar-refractivity contribution >= 4 is 0 Å². The van der Waals surface area contributed by atoms with Gasteiger partial charge in [0.15, 0.2) is 0 Å². The number of aliphatic hydroxyl groups is 1. The van der Waals surface area contributed by atoms with E-state index in [4.69, 9.17) is 5.11 Å². The average molecular weight is 167 g/mol. The van der Waals surface area contributed by atoms with Gasteiger partial charge >= 0.3 is 0 Å². The third-order valence-corrected chi connectivity index (χ3v) is 0.204. The summed E-state index contributed by atoms with van der Waals surface area (Å²) < 4.78 is 4.43. The van der Waals surface area contributed by atoms with E-state index < -0.39 is 0 Å². The van der Waals surface area contributed by atoms with Gasteiger partial charge in [-0.1, -0.05) is 6.61 Å². The molecule has 0 aromatic carbocycles. The number of rotatable bonds is 1. The SMILES string of the molecule is CC(C)O.[CH2-]COC.[Ti]. The van der Waals surface area contributed by atoms with Gasteiger partial charge in [-0.3, -0.25) is 0 Å². The molecule has 0 amide bonds. The van der Waals surface area contributed by atoms with Crippen molar-refractivity contribution in [1.29, 1.82) is 0 Å². The monoisotopic (exact) mass is 167 g/mol. The first-order valence-electron chi connectivity index (χ1n) is 2.61. The van der Waals surface area contributed by atoms with Gasteiger partial charge in [-0.2, -0.15) is 0 Å². The van der Waals surface area contributed by atoms with Crippen LogP contribution in [0.3, 0.4) is 0 Å². The molecule has 0 radical (unpaired) electrons. The van der Waals surface area contributed by atoms with E-state index in [2.05, 4.69) is 11.7 Å². The third-order valence-electron chi connectivity index (χ3n) is 0.204. The summed E-state index contributed by atoms with van der Waals surface area (Å²) in [5, 5.41) is 8.06. The molecule has 0 rings (SSSR count). The van der Waals surface area contributed by atoms with Gasteiger partial charge in [0.25, 0.3) is 0 Å². The van der Waals surface area contributed by atoms with Crippen LogP contribution in [0, 0.1) is 6.92 Å². The van der Waals surface area contributed by atoms with Crippen molar-refractivity contribution < 1.29 is 31.6 Å². The van der Waals surface area contributed by atoms with E-state index in [1.54, 1.807) is 21.0 Å². The molecule has 0 bridgehead atoms. The molecule has 0 aromatic heterocycles. The molecule has 1 N–H and O–H groups in total. The summed E-state index contributed by atoms with van der Waals surface area (Å²) in [7, 11) is 1.62. The molecule has 3 heteroatoms. The summed E-state index contributed by atoms with van der Waals surface area (Å²) in [6.07, 6.45) is -0.167. The van der Waals surface area contributed by atoms with Crippen molar-refractivity contribution in [3.8, 4) is 0 Å². The van der Waals surface area contributed by atoms with Gasteiger partial charge in [0.05, 0.1) is 0 Å². The number of methoxy groups -OCH3 is 1. The van der Waals surface area contributed by atoms with Crippen LogP contribution in [0.25, 0.3) is 0 Å². The topological polar surface area (TPSA) is 29.5 Å². The summed E-state index contributed by atoms with van der Waals surface area (Å²) in [5.41, 5.74) is 0. The standard InChI is InChI=1S/C3H7O.C3H8O.Ti/c1-3-4-2;1-3(2)4;/h1,3H2,2H3;3-4H,1-2H3;/q-1;;. The van der Waals surface area contributed by atoms with Crippen LogP contribution in [0.1, 0.15) is 13.8 Å². The Morgan fingerprint density at radius 1 is 1.56 bits per heavy atom. The van der Waals surface area contributed by atoms with Crippen molar-refractivity contribution in [3.63, 3.8) is 0 Å². The Labute approximate surface area is 72.5 Å². The maximum atomic E-state index is 8.06. The van der Waals surface area contributed by atoms with E-state index in [1.165, 1.54) is 0 Å². The van der Waals surface area contributed by atoms with Crippen LogP contribution in [0.15, 0.2) is 0 Å². The van der Waals surface area contributed by atoms with Crippen LogP contribution >= 0.6 is 0 Å². The van der Waals surface area contributed by atoms with E-state index in [0.29, 0.717) is 6.61 Å². The van der Waals surface area contributed by atoms with Crippen LogP contribution in [0.4, 0.5) is 0 Å². The molecule has 0 fully saturated rings. The maximum Gasteiger partial charge on any atom is 0.0483 e. The molecular formula is C6H15O2Ti-. The zero-order valence-corrected chi connectivity index (χ0v) is 7.91. The van der Waals surface area contributed by atoms with Gasteiger partial charge < -0.3 is 16.8 Å². The fourth-order valence-electron chi connectivity index (χ4n) is 0. The minimum absolute atomic E-state index is 0. The van der Waals surface area contributed by atoms with Gasteiger partial charge in [0, 0.05) is 34.9 Å². The first-order valence-corrected chi connectivity index (χ1v) is 2.61. The van der Waals surface area contributed by atoms with Crippen LogP contribution in [0.2, 0.25) is 0 Å². The van der Waals surface area contributed by atoms with Crippen LogP contribution in [-0.2, 0) is 26.5 Å². The predicted molar refractivity (Wildman–Crippen MR) is 34.6 cm³/mol. The molecule has 0 atom stereocenters. The zero-order chi connectivity index (χ0) is 6.99. The Balaban J connectivity index is -0.0000000720. The first-order chi connectivity index (χ1) is 3.65. The Morgan fingerprint density at radius 3 is 1.67 bits per heavy atom. The minimum Gasteiger partial charge on any atom is -0.417 e. The minimum atomic E-state index is -0.167. The first kappa shape index (κ1) is 16.3. The van der Waals surface area contributed by atoms with Crippen molar-refractivity contribution in [2.75, 3.05) is 13.7 Å². The second-order valence-electron chi connectivity index (χ2n) is 1.59. The third kappa shape index (κ3) is 142. The molecular weight excluding hydrogens is 152 g/mol. The van der Waals surface area contributed by atoms with Gasteiger partial charge in [0.1, 0.15) is 0 Å². The second-order valence-corrected chi connectivity index (χ2v) is 1.59. The van der Waals surface area contributed by atoms with Crippen molar-refractivity contribution in [2.45, 2.75) is 20.0 Å². The number of ether oxygens (including phenoxy) is 1. The molecule has 0 unspecified atom stereocenters. The Hall–Kier alpha value is 0.634. The summed E-state index contributed by atoms with van der Waals surface area (Å²) in [4.78, 5) is 0. The van der Waals surface area contributed by atoms with E-state index in [9.17, 15) is 0 Å². The molecule has 56 valence electrons.